The van der Waals surface area contributed by atoms with Gasteiger partial charge in [-0.1, -0.05) is 18.5 Å². The van der Waals surface area contributed by atoms with Gasteiger partial charge in [-0.3, -0.25) is 9.97 Å². The summed E-state index contributed by atoms with van der Waals surface area (Å²) in [5.74, 6) is 0.385. The van der Waals surface area contributed by atoms with Gasteiger partial charge < -0.3 is 10.1 Å². The van der Waals surface area contributed by atoms with E-state index in [1.165, 1.54) is 16.8 Å². The highest BCUT2D eigenvalue weighted by Gasteiger charge is 2.16. The zero-order chi connectivity index (χ0) is 23.4. The Morgan fingerprint density at radius 1 is 1.24 bits per heavy atom. The number of aryl methyl sites for hydroxylation is 1. The Kier molecular flexibility index (Phi) is 6.55. The molecule has 2 aromatic heterocycles. The first-order chi connectivity index (χ1) is 15.9. The summed E-state index contributed by atoms with van der Waals surface area (Å²) in [6, 6.07) is 8.69. The highest BCUT2D eigenvalue weighted by molar-refractivity contribution is 6.33. The number of ether oxygens (including phenoxy) is 1. The summed E-state index contributed by atoms with van der Waals surface area (Å²) in [6.45, 7) is 3.68. The molecule has 1 amide bonds. The Bertz CT molecular complexity index is 1280. The van der Waals surface area contributed by atoms with Gasteiger partial charge in [0.25, 0.3) is 0 Å². The maximum absolute atomic E-state index is 13.6. The Morgan fingerprint density at radius 2 is 2.09 bits per heavy atom. The second kappa shape index (κ2) is 9.70. The summed E-state index contributed by atoms with van der Waals surface area (Å²) in [5.41, 5.74) is 2.30. The average molecular weight is 468 g/mol. The second-order valence-corrected chi connectivity index (χ2v) is 7.49. The molecule has 0 aliphatic rings. The van der Waals surface area contributed by atoms with E-state index in [4.69, 9.17) is 16.3 Å². The quantitative estimate of drug-likeness (QED) is 0.449. The summed E-state index contributed by atoms with van der Waals surface area (Å²) >= 11 is 6.27. The smallest absolute Gasteiger partial charge is 0.410 e. The number of rotatable bonds is 6. The molecule has 4 aromatic rings. The molecule has 11 heteroatoms. The van der Waals surface area contributed by atoms with Crippen LogP contribution in [0.15, 0.2) is 55.0 Å². The third-order valence-corrected chi connectivity index (χ3v) is 5.11. The molecule has 4 rings (SSSR count). The highest BCUT2D eigenvalue weighted by Crippen LogP contribution is 2.33. The number of carbonyl (C=O) groups is 1. The van der Waals surface area contributed by atoms with E-state index in [0.717, 1.165) is 0 Å². The maximum atomic E-state index is 13.6. The fourth-order valence-corrected chi connectivity index (χ4v) is 3.47. The molecular formula is C22H19ClFN7O2. The summed E-state index contributed by atoms with van der Waals surface area (Å²) in [6.07, 6.45) is 4.55. The van der Waals surface area contributed by atoms with E-state index in [1.54, 1.807) is 49.8 Å². The molecule has 2 heterocycles. The number of benzene rings is 2. The molecule has 0 aliphatic carbocycles. The maximum Gasteiger partial charge on any atom is 0.413 e. The minimum absolute atomic E-state index is 0.214. The molecular weight excluding hydrogens is 449 g/mol. The average Bonchev–Trinajstić information content (AvgIpc) is 3.28. The first kappa shape index (κ1) is 22.3. The monoisotopic (exact) mass is 467 g/mol. The number of nitrogens with zero attached hydrogens (tertiary/aromatic N) is 6. The molecule has 1 unspecified atom stereocenters. The summed E-state index contributed by atoms with van der Waals surface area (Å²) in [7, 11) is 0. The molecule has 33 heavy (non-hydrogen) atoms. The van der Waals surface area contributed by atoms with Crippen LogP contribution in [0.5, 0.6) is 5.75 Å². The van der Waals surface area contributed by atoms with Crippen molar-refractivity contribution in [2.45, 2.75) is 26.3 Å². The molecule has 0 aliphatic heterocycles. The summed E-state index contributed by atoms with van der Waals surface area (Å²) in [5, 5.41) is 14.7. The van der Waals surface area contributed by atoms with E-state index in [0.29, 0.717) is 34.8 Å². The third kappa shape index (κ3) is 5.12. The predicted molar refractivity (Wildman–Crippen MR) is 119 cm³/mol. The minimum Gasteiger partial charge on any atom is -0.410 e. The van der Waals surface area contributed by atoms with Gasteiger partial charge in [0.05, 0.1) is 28.6 Å². The van der Waals surface area contributed by atoms with Crippen molar-refractivity contribution in [3.8, 4) is 22.6 Å². The van der Waals surface area contributed by atoms with Gasteiger partial charge in [0.2, 0.25) is 0 Å². The first-order valence-corrected chi connectivity index (χ1v) is 10.4. The fraction of sp³-hybridized carbons (Fsp3) is 0.182. The van der Waals surface area contributed by atoms with Gasteiger partial charge >= 0.3 is 6.09 Å². The molecule has 0 radical (unpaired) electrons. The van der Waals surface area contributed by atoms with Crippen LogP contribution >= 0.6 is 11.6 Å². The van der Waals surface area contributed by atoms with Crippen LogP contribution in [0.2, 0.25) is 5.02 Å². The zero-order valence-electron chi connectivity index (χ0n) is 17.7. The third-order valence-electron chi connectivity index (χ3n) is 4.80. The van der Waals surface area contributed by atoms with Gasteiger partial charge in [0.1, 0.15) is 11.6 Å². The van der Waals surface area contributed by atoms with Gasteiger partial charge in [-0.2, -0.15) is 4.68 Å². The number of tetrazole rings is 1. The van der Waals surface area contributed by atoms with Crippen molar-refractivity contribution in [1.29, 1.82) is 0 Å². The largest absolute Gasteiger partial charge is 0.413 e. The number of hydrogen-bond acceptors (Lipinski definition) is 7. The van der Waals surface area contributed by atoms with Crippen molar-refractivity contribution in [3.63, 3.8) is 0 Å². The SMILES string of the molecule is CCc1nnnn1-c1cc(OC(=O)NC(C)c2cnccn2)cc(-c2ccc(F)cc2Cl)c1. The van der Waals surface area contributed by atoms with Crippen LogP contribution in [0.3, 0.4) is 0 Å². The number of nitrogens with one attached hydrogen (secondary N) is 1. The van der Waals surface area contributed by atoms with E-state index in [1.807, 2.05) is 6.92 Å². The van der Waals surface area contributed by atoms with Crippen LogP contribution in [0.25, 0.3) is 16.8 Å². The van der Waals surface area contributed by atoms with Crippen molar-refractivity contribution in [1.82, 2.24) is 35.5 Å². The number of amides is 1. The Hall–Kier alpha value is -3.92. The Labute approximate surface area is 193 Å². The summed E-state index contributed by atoms with van der Waals surface area (Å²) < 4.78 is 20.7. The lowest BCUT2D eigenvalue weighted by molar-refractivity contribution is 0.196. The van der Waals surface area contributed by atoms with E-state index in [-0.39, 0.29) is 10.8 Å². The first-order valence-electron chi connectivity index (χ1n) is 10.1. The van der Waals surface area contributed by atoms with E-state index in [2.05, 4.69) is 30.8 Å². The van der Waals surface area contributed by atoms with Crippen LogP contribution in [0.1, 0.15) is 31.4 Å². The molecule has 0 spiro atoms. The van der Waals surface area contributed by atoms with Crippen LogP contribution < -0.4 is 10.1 Å². The Morgan fingerprint density at radius 3 is 2.82 bits per heavy atom. The standard InChI is InChI=1S/C22H19ClFN7O2/c1-3-21-28-29-30-31(21)16-8-14(18-5-4-15(24)10-19(18)23)9-17(11-16)33-22(32)27-13(2)20-12-25-6-7-26-20/h4-13H,3H2,1-2H3,(H,27,32). The Balaban J connectivity index is 1.68. The highest BCUT2D eigenvalue weighted by atomic mass is 35.5. The number of halogens is 2. The van der Waals surface area contributed by atoms with Crippen molar-refractivity contribution < 1.29 is 13.9 Å². The van der Waals surface area contributed by atoms with Crippen molar-refractivity contribution in [2.24, 2.45) is 0 Å². The van der Waals surface area contributed by atoms with E-state index in [9.17, 15) is 9.18 Å². The molecule has 0 saturated heterocycles. The fourth-order valence-electron chi connectivity index (χ4n) is 3.19. The molecule has 2 aromatic carbocycles. The predicted octanol–water partition coefficient (Wildman–Crippen LogP) is 4.32. The van der Waals surface area contributed by atoms with Crippen molar-refractivity contribution in [2.75, 3.05) is 0 Å². The van der Waals surface area contributed by atoms with Gasteiger partial charge in [-0.15, -0.1) is 5.10 Å². The number of hydrogen-bond donors (Lipinski definition) is 1. The second-order valence-electron chi connectivity index (χ2n) is 7.09. The van der Waals surface area contributed by atoms with Crippen LogP contribution in [0.4, 0.5) is 9.18 Å². The number of aromatic nitrogens is 6. The lowest BCUT2D eigenvalue weighted by atomic mass is 10.0. The molecule has 0 bridgehead atoms. The summed E-state index contributed by atoms with van der Waals surface area (Å²) in [4.78, 5) is 20.7. The lowest BCUT2D eigenvalue weighted by Crippen LogP contribution is -2.30. The zero-order valence-corrected chi connectivity index (χ0v) is 18.5. The van der Waals surface area contributed by atoms with Crippen LogP contribution in [-0.4, -0.2) is 36.3 Å². The molecule has 168 valence electrons. The molecule has 9 nitrogen and oxygen atoms in total. The van der Waals surface area contributed by atoms with Crippen molar-refractivity contribution >= 4 is 17.7 Å². The van der Waals surface area contributed by atoms with Gasteiger partial charge in [-0.05, 0) is 53.2 Å². The van der Waals surface area contributed by atoms with E-state index < -0.39 is 18.0 Å². The topological polar surface area (TPSA) is 108 Å². The molecule has 1 N–H and O–H groups in total. The minimum atomic E-state index is -0.686. The van der Waals surface area contributed by atoms with Gasteiger partial charge in [0, 0.05) is 30.4 Å². The van der Waals surface area contributed by atoms with Gasteiger partial charge in [-0.25, -0.2) is 9.18 Å². The number of carbonyl (C=O) groups excluding carboxylic acids is 1. The van der Waals surface area contributed by atoms with Crippen molar-refractivity contribution in [3.05, 3.63) is 77.3 Å². The van der Waals surface area contributed by atoms with Crippen LogP contribution in [0, 0.1) is 5.82 Å². The molecule has 0 fully saturated rings. The van der Waals surface area contributed by atoms with Gasteiger partial charge in [0.15, 0.2) is 5.82 Å². The van der Waals surface area contributed by atoms with E-state index >= 15 is 0 Å². The molecule has 1 atom stereocenters. The normalized spacial score (nSPS) is 11.8. The molecule has 0 saturated carbocycles. The lowest BCUT2D eigenvalue weighted by Gasteiger charge is -2.15. The van der Waals surface area contributed by atoms with Crippen LogP contribution in [-0.2, 0) is 6.42 Å².